The summed E-state index contributed by atoms with van der Waals surface area (Å²) >= 11 is 0. The standard InChI is InChI=1S/C10H18N2O/c1-4-6-7-8-9(5-2)11-12(3)10(8)13/h11H,4-7H2,1-3H3. The molecule has 0 atom stereocenters. The van der Waals surface area contributed by atoms with Crippen LogP contribution in [0.5, 0.6) is 0 Å². The highest BCUT2D eigenvalue weighted by Gasteiger charge is 2.09. The Morgan fingerprint density at radius 1 is 1.38 bits per heavy atom. The van der Waals surface area contributed by atoms with Crippen LogP contribution in [0.25, 0.3) is 0 Å². The van der Waals surface area contributed by atoms with Gasteiger partial charge in [-0.1, -0.05) is 20.3 Å². The fraction of sp³-hybridized carbons (Fsp3) is 0.700. The number of H-pyrrole nitrogens is 1. The van der Waals surface area contributed by atoms with Gasteiger partial charge in [-0.3, -0.25) is 14.6 Å². The van der Waals surface area contributed by atoms with Gasteiger partial charge in [-0.15, -0.1) is 0 Å². The third kappa shape index (κ3) is 2.02. The number of nitrogens with zero attached hydrogens (tertiary/aromatic N) is 1. The zero-order valence-corrected chi connectivity index (χ0v) is 8.68. The Hall–Kier alpha value is -0.990. The molecule has 1 aromatic heterocycles. The molecular weight excluding hydrogens is 164 g/mol. The zero-order chi connectivity index (χ0) is 9.84. The van der Waals surface area contributed by atoms with Crippen LogP contribution in [0.1, 0.15) is 37.9 Å². The van der Waals surface area contributed by atoms with Crippen molar-refractivity contribution in [3.05, 3.63) is 21.6 Å². The lowest BCUT2D eigenvalue weighted by molar-refractivity contribution is 0.721. The van der Waals surface area contributed by atoms with Crippen LogP contribution in [-0.4, -0.2) is 9.78 Å². The van der Waals surface area contributed by atoms with Crippen molar-refractivity contribution in [2.24, 2.45) is 7.05 Å². The maximum Gasteiger partial charge on any atom is 0.269 e. The lowest BCUT2D eigenvalue weighted by Crippen LogP contribution is -2.15. The van der Waals surface area contributed by atoms with E-state index in [1.54, 1.807) is 11.7 Å². The number of unbranched alkanes of at least 4 members (excludes halogenated alkanes) is 1. The number of hydrogen-bond acceptors (Lipinski definition) is 1. The van der Waals surface area contributed by atoms with Crippen molar-refractivity contribution in [1.82, 2.24) is 9.78 Å². The summed E-state index contributed by atoms with van der Waals surface area (Å²) in [6.07, 6.45) is 4.06. The van der Waals surface area contributed by atoms with Gasteiger partial charge in [-0.2, -0.15) is 0 Å². The SMILES string of the molecule is CCCCc1c(CC)[nH]n(C)c1=O. The molecule has 1 aromatic rings. The van der Waals surface area contributed by atoms with E-state index in [9.17, 15) is 4.79 Å². The van der Waals surface area contributed by atoms with E-state index in [0.717, 1.165) is 36.9 Å². The van der Waals surface area contributed by atoms with Gasteiger partial charge >= 0.3 is 0 Å². The van der Waals surface area contributed by atoms with E-state index in [4.69, 9.17) is 0 Å². The van der Waals surface area contributed by atoms with Gasteiger partial charge in [0.2, 0.25) is 0 Å². The van der Waals surface area contributed by atoms with Crippen molar-refractivity contribution in [3.63, 3.8) is 0 Å². The summed E-state index contributed by atoms with van der Waals surface area (Å²) in [4.78, 5) is 11.6. The van der Waals surface area contributed by atoms with Gasteiger partial charge in [-0.25, -0.2) is 0 Å². The van der Waals surface area contributed by atoms with Crippen molar-refractivity contribution in [2.45, 2.75) is 39.5 Å². The largest absolute Gasteiger partial charge is 0.300 e. The Labute approximate surface area is 78.8 Å². The molecule has 0 saturated carbocycles. The average Bonchev–Trinajstić information content (AvgIpc) is 2.40. The van der Waals surface area contributed by atoms with E-state index >= 15 is 0 Å². The predicted molar refractivity (Wildman–Crippen MR) is 54.0 cm³/mol. The molecular formula is C10H18N2O. The van der Waals surface area contributed by atoms with Crippen molar-refractivity contribution >= 4 is 0 Å². The number of aromatic nitrogens is 2. The highest BCUT2D eigenvalue weighted by Crippen LogP contribution is 2.05. The monoisotopic (exact) mass is 182 g/mol. The molecule has 1 rings (SSSR count). The minimum absolute atomic E-state index is 0.144. The van der Waals surface area contributed by atoms with Crippen molar-refractivity contribution in [3.8, 4) is 0 Å². The molecule has 74 valence electrons. The number of rotatable bonds is 4. The van der Waals surface area contributed by atoms with Gasteiger partial charge in [-0.05, 0) is 19.3 Å². The van der Waals surface area contributed by atoms with Crippen LogP contribution in [0, 0.1) is 0 Å². The average molecular weight is 182 g/mol. The van der Waals surface area contributed by atoms with Crippen LogP contribution in [0.4, 0.5) is 0 Å². The lowest BCUT2D eigenvalue weighted by Gasteiger charge is -1.96. The molecule has 0 aliphatic heterocycles. The molecule has 3 nitrogen and oxygen atoms in total. The van der Waals surface area contributed by atoms with E-state index < -0.39 is 0 Å². The first-order valence-electron chi connectivity index (χ1n) is 4.97. The van der Waals surface area contributed by atoms with Crippen LogP contribution >= 0.6 is 0 Å². The first-order chi connectivity index (χ1) is 6.20. The molecule has 0 aliphatic carbocycles. The second kappa shape index (κ2) is 4.30. The van der Waals surface area contributed by atoms with Crippen molar-refractivity contribution < 1.29 is 0 Å². The minimum Gasteiger partial charge on any atom is -0.300 e. The Bertz CT molecular complexity index is 322. The van der Waals surface area contributed by atoms with E-state index in [-0.39, 0.29) is 5.56 Å². The second-order valence-corrected chi connectivity index (χ2v) is 3.39. The fourth-order valence-electron chi connectivity index (χ4n) is 1.56. The molecule has 1 N–H and O–H groups in total. The quantitative estimate of drug-likeness (QED) is 0.755. The van der Waals surface area contributed by atoms with Crippen LogP contribution in [-0.2, 0) is 19.9 Å². The second-order valence-electron chi connectivity index (χ2n) is 3.39. The molecule has 3 heteroatoms. The third-order valence-corrected chi connectivity index (χ3v) is 2.36. The zero-order valence-electron chi connectivity index (χ0n) is 8.68. The predicted octanol–water partition coefficient (Wildman–Crippen LogP) is 1.62. The third-order valence-electron chi connectivity index (χ3n) is 2.36. The molecule has 0 amide bonds. The summed E-state index contributed by atoms with van der Waals surface area (Å²) in [7, 11) is 1.77. The number of nitrogens with one attached hydrogen (secondary N) is 1. The number of hydrogen-bond donors (Lipinski definition) is 1. The summed E-state index contributed by atoms with van der Waals surface area (Å²) in [5.41, 5.74) is 2.22. The van der Waals surface area contributed by atoms with E-state index in [1.807, 2.05) is 0 Å². The van der Waals surface area contributed by atoms with E-state index in [0.29, 0.717) is 0 Å². The number of aryl methyl sites for hydroxylation is 2. The summed E-state index contributed by atoms with van der Waals surface area (Å²) in [5, 5.41) is 3.08. The van der Waals surface area contributed by atoms with Crippen LogP contribution in [0.15, 0.2) is 4.79 Å². The Balaban J connectivity index is 2.95. The Morgan fingerprint density at radius 3 is 2.62 bits per heavy atom. The lowest BCUT2D eigenvalue weighted by atomic mass is 10.1. The molecule has 13 heavy (non-hydrogen) atoms. The maximum atomic E-state index is 11.6. The van der Waals surface area contributed by atoms with Gasteiger partial charge in [0.05, 0.1) is 0 Å². The molecule has 0 fully saturated rings. The van der Waals surface area contributed by atoms with E-state index in [1.165, 1.54) is 0 Å². The van der Waals surface area contributed by atoms with Gasteiger partial charge in [0.15, 0.2) is 0 Å². The minimum atomic E-state index is 0.144. The molecule has 0 spiro atoms. The Morgan fingerprint density at radius 2 is 2.08 bits per heavy atom. The molecule has 0 saturated heterocycles. The van der Waals surface area contributed by atoms with Gasteiger partial charge in [0.25, 0.3) is 5.56 Å². The first kappa shape index (κ1) is 10.1. The highest BCUT2D eigenvalue weighted by atomic mass is 16.1. The molecule has 0 radical (unpaired) electrons. The molecule has 0 aromatic carbocycles. The van der Waals surface area contributed by atoms with Crippen molar-refractivity contribution in [2.75, 3.05) is 0 Å². The van der Waals surface area contributed by atoms with Gasteiger partial charge < -0.3 is 0 Å². The fourth-order valence-corrected chi connectivity index (χ4v) is 1.56. The van der Waals surface area contributed by atoms with E-state index in [2.05, 4.69) is 18.9 Å². The molecule has 0 bridgehead atoms. The molecule has 1 heterocycles. The van der Waals surface area contributed by atoms with Crippen molar-refractivity contribution in [1.29, 1.82) is 0 Å². The van der Waals surface area contributed by atoms with Crippen LogP contribution in [0.2, 0.25) is 0 Å². The van der Waals surface area contributed by atoms with Gasteiger partial charge in [0.1, 0.15) is 0 Å². The van der Waals surface area contributed by atoms with Gasteiger partial charge in [0, 0.05) is 18.3 Å². The molecule has 0 unspecified atom stereocenters. The summed E-state index contributed by atoms with van der Waals surface area (Å²) in [6.45, 7) is 4.21. The first-order valence-corrected chi connectivity index (χ1v) is 4.97. The topological polar surface area (TPSA) is 37.8 Å². The smallest absolute Gasteiger partial charge is 0.269 e. The highest BCUT2D eigenvalue weighted by molar-refractivity contribution is 5.17. The molecule has 0 aliphatic rings. The normalized spacial score (nSPS) is 10.7. The maximum absolute atomic E-state index is 11.6. The van der Waals surface area contributed by atoms with Crippen LogP contribution < -0.4 is 5.56 Å². The Kier molecular flexibility index (Phi) is 3.34. The van der Waals surface area contributed by atoms with Crippen LogP contribution in [0.3, 0.4) is 0 Å². The summed E-state index contributed by atoms with van der Waals surface area (Å²) in [6, 6.07) is 0. The summed E-state index contributed by atoms with van der Waals surface area (Å²) < 4.78 is 1.57. The summed E-state index contributed by atoms with van der Waals surface area (Å²) in [5.74, 6) is 0. The number of aromatic amines is 1.